The summed E-state index contributed by atoms with van der Waals surface area (Å²) in [5.74, 6) is 0.870. The third-order valence-electron chi connectivity index (χ3n) is 6.50. The number of rotatable bonds is 9. The van der Waals surface area contributed by atoms with Crippen LogP contribution in [0.15, 0.2) is 66.9 Å². The lowest BCUT2D eigenvalue weighted by atomic mass is 10.0. The number of anilines is 2. The minimum absolute atomic E-state index is 0.0521. The Morgan fingerprint density at radius 2 is 1.69 bits per heavy atom. The number of hydrogen-bond acceptors (Lipinski definition) is 5. The smallest absolute Gasteiger partial charge is 0.370 e. The normalized spacial score (nSPS) is 14.6. The number of ketones is 1. The van der Waals surface area contributed by atoms with Gasteiger partial charge in [-0.15, -0.1) is 0 Å². The van der Waals surface area contributed by atoms with Gasteiger partial charge in [-0.25, -0.2) is 4.98 Å². The minimum atomic E-state index is -4.31. The van der Waals surface area contributed by atoms with Crippen molar-refractivity contribution in [3.05, 3.63) is 78.0 Å². The zero-order chi connectivity index (χ0) is 25.5. The first kappa shape index (κ1) is 25.7. The van der Waals surface area contributed by atoms with Crippen LogP contribution in [0, 0.1) is 0 Å². The molecule has 1 saturated heterocycles. The lowest BCUT2D eigenvalue weighted by molar-refractivity contribution is -0.137. The Kier molecular flexibility index (Phi) is 8.25. The predicted octanol–water partition coefficient (Wildman–Crippen LogP) is 5.98. The first-order chi connectivity index (χ1) is 17.3. The van der Waals surface area contributed by atoms with Crippen LogP contribution in [0.2, 0.25) is 0 Å². The molecule has 1 aliphatic rings. The number of unbranched alkanes of at least 4 members (excludes halogenated alkanes) is 1. The van der Waals surface area contributed by atoms with Crippen LogP contribution in [-0.2, 0) is 6.18 Å². The Bertz CT molecular complexity index is 1160. The van der Waals surface area contributed by atoms with Crippen molar-refractivity contribution < 1.29 is 18.0 Å². The maximum absolute atomic E-state index is 13.0. The van der Waals surface area contributed by atoms with Gasteiger partial charge in [0.2, 0.25) is 0 Å². The van der Waals surface area contributed by atoms with Crippen molar-refractivity contribution in [3.8, 4) is 11.1 Å². The number of carbonyl (C=O) groups excluding carboxylic acids is 1. The second kappa shape index (κ2) is 11.6. The summed E-state index contributed by atoms with van der Waals surface area (Å²) < 4.78 is 39.0. The number of hydrogen-bond donors (Lipinski definition) is 1. The predicted molar refractivity (Wildman–Crippen MR) is 137 cm³/mol. The quantitative estimate of drug-likeness (QED) is 0.292. The van der Waals surface area contributed by atoms with Gasteiger partial charge in [0.05, 0.1) is 5.56 Å². The SMILES string of the molecule is CC(=O)c1ccc(-c2ccnc(NCCCCN3CCN(c4cccc(C(F)(F)F)c4)CC3)c2)cc1. The van der Waals surface area contributed by atoms with Gasteiger partial charge >= 0.3 is 6.18 Å². The van der Waals surface area contributed by atoms with Crippen molar-refractivity contribution in [2.24, 2.45) is 0 Å². The maximum Gasteiger partial charge on any atom is 0.416 e. The summed E-state index contributed by atoms with van der Waals surface area (Å²) in [6, 6.07) is 17.1. The first-order valence-electron chi connectivity index (χ1n) is 12.3. The molecule has 0 aliphatic carbocycles. The Morgan fingerprint density at radius 1 is 0.944 bits per heavy atom. The topological polar surface area (TPSA) is 48.5 Å². The zero-order valence-electron chi connectivity index (χ0n) is 20.4. The van der Waals surface area contributed by atoms with Gasteiger partial charge in [-0.2, -0.15) is 13.2 Å². The van der Waals surface area contributed by atoms with Gasteiger partial charge in [-0.3, -0.25) is 9.69 Å². The van der Waals surface area contributed by atoms with Crippen molar-refractivity contribution in [2.45, 2.75) is 25.9 Å². The van der Waals surface area contributed by atoms with Gasteiger partial charge in [-0.1, -0.05) is 30.3 Å². The van der Waals surface area contributed by atoms with Crippen molar-refractivity contribution in [3.63, 3.8) is 0 Å². The Balaban J connectivity index is 1.18. The number of benzene rings is 2. The zero-order valence-corrected chi connectivity index (χ0v) is 20.4. The lowest BCUT2D eigenvalue weighted by Gasteiger charge is -2.36. The van der Waals surface area contributed by atoms with Gasteiger partial charge in [-0.05, 0) is 67.8 Å². The molecule has 2 aromatic carbocycles. The molecule has 1 fully saturated rings. The summed E-state index contributed by atoms with van der Waals surface area (Å²) in [6.45, 7) is 6.47. The van der Waals surface area contributed by atoms with Gasteiger partial charge in [0.25, 0.3) is 0 Å². The second-order valence-electron chi connectivity index (χ2n) is 9.07. The highest BCUT2D eigenvalue weighted by Crippen LogP contribution is 2.32. The van der Waals surface area contributed by atoms with Crippen LogP contribution in [0.1, 0.15) is 35.7 Å². The number of nitrogens with one attached hydrogen (secondary N) is 1. The highest BCUT2D eigenvalue weighted by atomic mass is 19.4. The average Bonchev–Trinajstić information content (AvgIpc) is 2.89. The van der Waals surface area contributed by atoms with E-state index < -0.39 is 11.7 Å². The summed E-state index contributed by atoms with van der Waals surface area (Å²) in [6.07, 6.45) is -0.513. The van der Waals surface area contributed by atoms with Crippen molar-refractivity contribution in [1.82, 2.24) is 9.88 Å². The van der Waals surface area contributed by atoms with E-state index in [1.165, 1.54) is 12.1 Å². The molecular formula is C28H31F3N4O. The van der Waals surface area contributed by atoms with E-state index in [2.05, 4.69) is 15.2 Å². The highest BCUT2D eigenvalue weighted by Gasteiger charge is 2.31. The van der Waals surface area contributed by atoms with Crippen molar-refractivity contribution in [2.75, 3.05) is 49.5 Å². The lowest BCUT2D eigenvalue weighted by Crippen LogP contribution is -2.46. The average molecular weight is 497 g/mol. The molecule has 0 bridgehead atoms. The molecular weight excluding hydrogens is 465 g/mol. The van der Waals surface area contributed by atoms with Gasteiger partial charge < -0.3 is 10.2 Å². The van der Waals surface area contributed by atoms with Crippen LogP contribution in [0.5, 0.6) is 0 Å². The van der Waals surface area contributed by atoms with Crippen LogP contribution in [0.25, 0.3) is 11.1 Å². The molecule has 1 aromatic heterocycles. The molecule has 2 heterocycles. The fourth-order valence-corrected chi connectivity index (χ4v) is 4.39. The van der Waals surface area contributed by atoms with Gasteiger partial charge in [0.1, 0.15) is 5.82 Å². The molecule has 8 heteroatoms. The van der Waals surface area contributed by atoms with Gasteiger partial charge in [0, 0.05) is 50.2 Å². The van der Waals surface area contributed by atoms with Crippen molar-refractivity contribution in [1.29, 1.82) is 0 Å². The molecule has 0 unspecified atom stereocenters. The maximum atomic E-state index is 13.0. The van der Waals surface area contributed by atoms with Crippen molar-refractivity contribution >= 4 is 17.3 Å². The molecule has 0 radical (unpaired) electrons. The number of nitrogens with zero attached hydrogens (tertiary/aromatic N) is 3. The number of halogens is 3. The van der Waals surface area contributed by atoms with E-state index in [4.69, 9.17) is 0 Å². The Morgan fingerprint density at radius 3 is 2.39 bits per heavy atom. The Hall–Kier alpha value is -3.39. The molecule has 36 heavy (non-hydrogen) atoms. The van der Waals surface area contributed by atoms with Crippen LogP contribution in [-0.4, -0.2) is 54.9 Å². The first-order valence-corrected chi connectivity index (χ1v) is 12.3. The summed E-state index contributed by atoms with van der Waals surface area (Å²) in [4.78, 5) is 20.3. The molecule has 0 saturated carbocycles. The standard InChI is InChI=1S/C28H31F3N4O/c1-21(36)22-7-9-23(10-8-22)24-11-13-33-27(19-24)32-12-2-3-14-34-15-17-35(18-16-34)26-6-4-5-25(20-26)28(29,30)31/h4-11,13,19-20H,2-3,12,14-18H2,1H3,(H,32,33). The molecule has 0 amide bonds. The largest absolute Gasteiger partial charge is 0.416 e. The molecule has 0 spiro atoms. The van der Waals surface area contributed by atoms with E-state index in [1.54, 1.807) is 19.2 Å². The van der Waals surface area contributed by atoms with E-state index in [-0.39, 0.29) is 5.78 Å². The van der Waals surface area contributed by atoms with Crippen LogP contribution in [0.4, 0.5) is 24.7 Å². The fourth-order valence-electron chi connectivity index (χ4n) is 4.39. The highest BCUT2D eigenvalue weighted by molar-refractivity contribution is 5.94. The summed E-state index contributed by atoms with van der Waals surface area (Å²) in [5, 5.41) is 3.38. The minimum Gasteiger partial charge on any atom is -0.370 e. The van der Waals surface area contributed by atoms with Crippen LogP contribution < -0.4 is 10.2 Å². The van der Waals surface area contributed by atoms with E-state index in [0.29, 0.717) is 11.3 Å². The molecule has 4 rings (SSSR count). The fraction of sp³-hybridized carbons (Fsp3) is 0.357. The van der Waals surface area contributed by atoms with E-state index >= 15 is 0 Å². The van der Waals surface area contributed by atoms with Gasteiger partial charge in [0.15, 0.2) is 5.78 Å². The number of Topliss-reactive ketones (excluding diaryl/α,β-unsaturated/α-hetero) is 1. The van der Waals surface area contributed by atoms with Crippen LogP contribution >= 0.6 is 0 Å². The van der Waals surface area contributed by atoms with Crippen LogP contribution in [0.3, 0.4) is 0 Å². The molecule has 0 atom stereocenters. The number of piperazine rings is 1. The summed E-state index contributed by atoms with van der Waals surface area (Å²) in [5.41, 5.74) is 2.82. The molecule has 5 nitrogen and oxygen atoms in total. The molecule has 1 N–H and O–H groups in total. The number of carbonyl (C=O) groups is 1. The molecule has 3 aromatic rings. The third-order valence-corrected chi connectivity index (χ3v) is 6.50. The summed E-state index contributed by atoms with van der Waals surface area (Å²) in [7, 11) is 0. The van der Waals surface area contributed by atoms with E-state index in [9.17, 15) is 18.0 Å². The third kappa shape index (κ3) is 6.85. The van der Waals surface area contributed by atoms with E-state index in [0.717, 1.165) is 75.1 Å². The number of pyridine rings is 1. The second-order valence-corrected chi connectivity index (χ2v) is 9.07. The molecule has 190 valence electrons. The summed E-state index contributed by atoms with van der Waals surface area (Å²) >= 11 is 0. The number of aromatic nitrogens is 1. The number of alkyl halides is 3. The monoisotopic (exact) mass is 496 g/mol. The Labute approximate surface area is 210 Å². The molecule has 1 aliphatic heterocycles. The van der Waals surface area contributed by atoms with E-state index in [1.807, 2.05) is 41.3 Å².